The van der Waals surface area contributed by atoms with Crippen LogP contribution in [0.2, 0.25) is 5.02 Å². The van der Waals surface area contributed by atoms with Crippen LogP contribution < -0.4 is 21.5 Å². The molecule has 1 unspecified atom stereocenters. The predicted molar refractivity (Wildman–Crippen MR) is 111 cm³/mol. The first kappa shape index (κ1) is 19.6. The number of nitrogens with one attached hydrogen (secondary N) is 4. The molecule has 0 bridgehead atoms. The molecule has 0 radical (unpaired) electrons. The van der Waals surface area contributed by atoms with E-state index in [0.717, 1.165) is 6.07 Å². The van der Waals surface area contributed by atoms with Gasteiger partial charge in [-0.05, 0) is 30.3 Å². The maximum absolute atomic E-state index is 13.3. The Labute approximate surface area is 174 Å². The molecule has 0 saturated carbocycles. The zero-order valence-corrected chi connectivity index (χ0v) is 16.1. The van der Waals surface area contributed by atoms with Crippen molar-refractivity contribution in [3.8, 4) is 0 Å². The second-order valence-corrected chi connectivity index (χ2v) is 7.00. The number of hydrogen-bond donors (Lipinski definition) is 4. The molecule has 4 N–H and O–H groups in total. The van der Waals surface area contributed by atoms with Gasteiger partial charge < -0.3 is 16.0 Å². The SMILES string of the molecule is O=C1CC(C(=O)Nc2ccc(F)c(Cl)c2)c2c(nc(Nc3ccccc3)[nH]c2=O)N1. The van der Waals surface area contributed by atoms with Gasteiger partial charge in [0.1, 0.15) is 11.6 Å². The highest BCUT2D eigenvalue weighted by molar-refractivity contribution is 6.31. The van der Waals surface area contributed by atoms with Crippen molar-refractivity contribution in [1.82, 2.24) is 9.97 Å². The number of rotatable bonds is 4. The van der Waals surface area contributed by atoms with Crippen molar-refractivity contribution in [1.29, 1.82) is 0 Å². The number of fused-ring (bicyclic) bond motifs is 1. The van der Waals surface area contributed by atoms with Gasteiger partial charge in [-0.25, -0.2) is 4.39 Å². The van der Waals surface area contributed by atoms with E-state index in [1.54, 1.807) is 12.1 Å². The molecule has 8 nitrogen and oxygen atoms in total. The third kappa shape index (κ3) is 4.01. The van der Waals surface area contributed by atoms with Crippen LogP contribution >= 0.6 is 11.6 Å². The maximum atomic E-state index is 13.3. The van der Waals surface area contributed by atoms with Gasteiger partial charge >= 0.3 is 0 Å². The minimum Gasteiger partial charge on any atom is -0.326 e. The topological polar surface area (TPSA) is 116 Å². The zero-order valence-electron chi connectivity index (χ0n) is 15.3. The monoisotopic (exact) mass is 427 g/mol. The number of benzene rings is 2. The number of carbonyl (C=O) groups excluding carboxylic acids is 2. The van der Waals surface area contributed by atoms with Crippen LogP contribution in [0.25, 0.3) is 0 Å². The summed E-state index contributed by atoms with van der Waals surface area (Å²) in [7, 11) is 0. The summed E-state index contributed by atoms with van der Waals surface area (Å²) in [5.41, 5.74) is 0.408. The minimum absolute atomic E-state index is 0.00530. The van der Waals surface area contributed by atoms with Crippen molar-refractivity contribution in [2.75, 3.05) is 16.0 Å². The van der Waals surface area contributed by atoms with Gasteiger partial charge in [0.2, 0.25) is 17.8 Å². The summed E-state index contributed by atoms with van der Waals surface area (Å²) in [6, 6.07) is 12.7. The number of hydrogen-bond acceptors (Lipinski definition) is 5. The van der Waals surface area contributed by atoms with Gasteiger partial charge in [0.25, 0.3) is 5.56 Å². The second-order valence-electron chi connectivity index (χ2n) is 6.59. The van der Waals surface area contributed by atoms with Crippen LogP contribution in [0.3, 0.4) is 0 Å². The van der Waals surface area contributed by atoms with Gasteiger partial charge in [0, 0.05) is 17.8 Å². The fraction of sp³-hybridized carbons (Fsp3) is 0.100. The number of halogens is 2. The van der Waals surface area contributed by atoms with Crippen LogP contribution in [0.1, 0.15) is 17.9 Å². The molecule has 2 heterocycles. The molecule has 1 aromatic heterocycles. The molecule has 0 aliphatic carbocycles. The standard InChI is InChI=1S/C20H15ClFN5O3/c21-13-8-11(6-7-14(13)22)23-18(29)12-9-15(28)25-17-16(12)19(30)27-20(26-17)24-10-4-2-1-3-5-10/h1-8,12H,9H2,(H,23,29)(H3,24,25,26,27,28,30). The molecule has 10 heteroatoms. The number of anilines is 4. The molecule has 2 amide bonds. The van der Waals surface area contributed by atoms with E-state index < -0.39 is 29.1 Å². The van der Waals surface area contributed by atoms with Gasteiger partial charge in [0.15, 0.2) is 0 Å². The molecule has 1 atom stereocenters. The molecule has 4 rings (SSSR count). The molecule has 1 aliphatic heterocycles. The van der Waals surface area contributed by atoms with Gasteiger partial charge in [0.05, 0.1) is 16.5 Å². The lowest BCUT2D eigenvalue weighted by Crippen LogP contribution is -2.36. The highest BCUT2D eigenvalue weighted by atomic mass is 35.5. The molecule has 30 heavy (non-hydrogen) atoms. The average Bonchev–Trinajstić information content (AvgIpc) is 2.70. The molecular weight excluding hydrogens is 413 g/mol. The third-order valence-electron chi connectivity index (χ3n) is 4.49. The summed E-state index contributed by atoms with van der Waals surface area (Å²) in [6.45, 7) is 0. The van der Waals surface area contributed by atoms with Crippen LogP contribution in [-0.4, -0.2) is 21.8 Å². The summed E-state index contributed by atoms with van der Waals surface area (Å²) in [5, 5.41) is 7.86. The van der Waals surface area contributed by atoms with Crippen molar-refractivity contribution in [2.24, 2.45) is 0 Å². The summed E-state index contributed by atoms with van der Waals surface area (Å²) in [6.07, 6.45) is -0.232. The van der Waals surface area contributed by atoms with Crippen LogP contribution in [0.5, 0.6) is 0 Å². The van der Waals surface area contributed by atoms with Crippen molar-refractivity contribution in [3.63, 3.8) is 0 Å². The first-order valence-corrected chi connectivity index (χ1v) is 9.30. The Hall–Kier alpha value is -3.72. The normalized spacial score (nSPS) is 15.1. The summed E-state index contributed by atoms with van der Waals surface area (Å²) in [4.78, 5) is 44.4. The Morgan fingerprint density at radius 3 is 2.63 bits per heavy atom. The van der Waals surface area contributed by atoms with Gasteiger partial charge in [-0.15, -0.1) is 0 Å². The van der Waals surface area contributed by atoms with Gasteiger partial charge in [-0.1, -0.05) is 29.8 Å². The van der Waals surface area contributed by atoms with Crippen LogP contribution in [0.15, 0.2) is 53.3 Å². The number of aromatic nitrogens is 2. The number of amides is 2. The van der Waals surface area contributed by atoms with Gasteiger partial charge in [-0.2, -0.15) is 4.98 Å². The Morgan fingerprint density at radius 2 is 1.90 bits per heavy atom. The van der Waals surface area contributed by atoms with Crippen LogP contribution in [0.4, 0.5) is 27.5 Å². The molecule has 2 aromatic carbocycles. The molecule has 0 saturated heterocycles. The van der Waals surface area contributed by atoms with Crippen molar-refractivity contribution in [3.05, 3.63) is 75.3 Å². The number of nitrogens with zero attached hydrogens (tertiary/aromatic N) is 1. The highest BCUT2D eigenvalue weighted by Gasteiger charge is 2.34. The molecule has 0 spiro atoms. The van der Waals surface area contributed by atoms with E-state index in [9.17, 15) is 18.8 Å². The quantitative estimate of drug-likeness (QED) is 0.509. The lowest BCUT2D eigenvalue weighted by molar-refractivity contribution is -0.123. The number of H-pyrrole nitrogens is 1. The van der Waals surface area contributed by atoms with Gasteiger partial charge in [-0.3, -0.25) is 19.4 Å². The van der Waals surface area contributed by atoms with Crippen LogP contribution in [0, 0.1) is 5.82 Å². The fourth-order valence-electron chi connectivity index (χ4n) is 3.12. The minimum atomic E-state index is -1.07. The Bertz CT molecular complexity index is 1200. The van der Waals surface area contributed by atoms with E-state index >= 15 is 0 Å². The van der Waals surface area contributed by atoms with E-state index in [1.165, 1.54) is 12.1 Å². The van der Waals surface area contributed by atoms with E-state index in [1.807, 2.05) is 18.2 Å². The summed E-state index contributed by atoms with van der Waals surface area (Å²) in [5.74, 6) is -2.63. The molecule has 3 aromatic rings. The Balaban J connectivity index is 1.64. The predicted octanol–water partition coefficient (Wildman–Crippen LogP) is 3.37. The van der Waals surface area contributed by atoms with Crippen molar-refractivity contribution >= 4 is 46.6 Å². The van der Waals surface area contributed by atoms with E-state index in [4.69, 9.17) is 11.6 Å². The maximum Gasteiger partial charge on any atom is 0.258 e. The molecule has 1 aliphatic rings. The molecule has 152 valence electrons. The summed E-state index contributed by atoms with van der Waals surface area (Å²) < 4.78 is 13.3. The second kappa shape index (κ2) is 7.96. The average molecular weight is 428 g/mol. The Morgan fingerprint density at radius 1 is 1.13 bits per heavy atom. The summed E-state index contributed by atoms with van der Waals surface area (Å²) >= 11 is 5.73. The van der Waals surface area contributed by atoms with Crippen molar-refractivity contribution in [2.45, 2.75) is 12.3 Å². The van der Waals surface area contributed by atoms with Crippen molar-refractivity contribution < 1.29 is 14.0 Å². The fourth-order valence-corrected chi connectivity index (χ4v) is 3.30. The van der Waals surface area contributed by atoms with Crippen LogP contribution in [-0.2, 0) is 9.59 Å². The van der Waals surface area contributed by atoms with E-state index in [-0.39, 0.29) is 34.5 Å². The number of aromatic amines is 1. The highest BCUT2D eigenvalue weighted by Crippen LogP contribution is 2.30. The third-order valence-corrected chi connectivity index (χ3v) is 4.78. The number of carbonyl (C=O) groups is 2. The molecule has 0 fully saturated rings. The Kier molecular flexibility index (Phi) is 5.20. The first-order valence-electron chi connectivity index (χ1n) is 8.93. The lowest BCUT2D eigenvalue weighted by atomic mass is 9.92. The number of para-hydroxylation sites is 1. The van der Waals surface area contributed by atoms with E-state index in [0.29, 0.717) is 5.69 Å². The zero-order chi connectivity index (χ0) is 21.3. The van der Waals surface area contributed by atoms with E-state index in [2.05, 4.69) is 25.9 Å². The first-order chi connectivity index (χ1) is 14.4. The lowest BCUT2D eigenvalue weighted by Gasteiger charge is -2.23. The molecular formula is C20H15ClFN5O3. The largest absolute Gasteiger partial charge is 0.326 e. The smallest absolute Gasteiger partial charge is 0.258 e.